The van der Waals surface area contributed by atoms with Crippen LogP contribution in [0.15, 0.2) is 12.1 Å². The van der Waals surface area contributed by atoms with Gasteiger partial charge >= 0.3 is 5.97 Å². The lowest BCUT2D eigenvalue weighted by atomic mass is 9.83. The predicted molar refractivity (Wildman–Crippen MR) is 72.0 cm³/mol. The van der Waals surface area contributed by atoms with E-state index in [1.165, 1.54) is 0 Å². The molecule has 4 nitrogen and oxygen atoms in total. The van der Waals surface area contributed by atoms with Crippen LogP contribution in [0.5, 0.6) is 11.5 Å². The summed E-state index contributed by atoms with van der Waals surface area (Å²) < 4.78 is 11.1. The van der Waals surface area contributed by atoms with Gasteiger partial charge in [-0.05, 0) is 42.0 Å². The number of carbonyl (C=O) groups is 1. The van der Waals surface area contributed by atoms with Gasteiger partial charge in [0.1, 0.15) is 13.2 Å². The van der Waals surface area contributed by atoms with E-state index in [9.17, 15) is 4.79 Å². The molecule has 1 aromatic rings. The predicted octanol–water partition coefficient (Wildman–Crippen LogP) is 2.98. The molecule has 0 spiro atoms. The van der Waals surface area contributed by atoms with Gasteiger partial charge in [0.25, 0.3) is 0 Å². The summed E-state index contributed by atoms with van der Waals surface area (Å²) in [6.07, 6.45) is 0.137. The average Bonchev–Trinajstić information content (AvgIpc) is 2.35. The first kappa shape index (κ1) is 13.7. The second kappa shape index (κ2) is 5.51. The van der Waals surface area contributed by atoms with Gasteiger partial charge in [0.2, 0.25) is 0 Å². The Labute approximate surface area is 113 Å². The minimum absolute atomic E-state index is 0.00618. The molecule has 0 amide bonds. The molecule has 4 heteroatoms. The Morgan fingerprint density at radius 2 is 1.84 bits per heavy atom. The molecule has 104 valence electrons. The van der Waals surface area contributed by atoms with Crippen LogP contribution in [0.3, 0.4) is 0 Å². The van der Waals surface area contributed by atoms with E-state index < -0.39 is 5.97 Å². The van der Waals surface area contributed by atoms with Crippen LogP contribution in [0.25, 0.3) is 0 Å². The van der Waals surface area contributed by atoms with Crippen molar-refractivity contribution in [3.8, 4) is 11.5 Å². The number of carboxylic acid groups (broad SMARTS) is 1. The molecule has 1 heterocycles. The molecule has 1 aromatic carbocycles. The molecule has 0 aromatic heterocycles. The standard InChI is InChI=1S/C15H20O4/c1-9(2)11(8-15(16)17)12-7-14-13(6-10(12)3)18-4-5-19-14/h6-7,9,11H,4-5,8H2,1-3H3,(H,16,17). The van der Waals surface area contributed by atoms with Gasteiger partial charge < -0.3 is 14.6 Å². The van der Waals surface area contributed by atoms with Crippen molar-refractivity contribution in [3.63, 3.8) is 0 Å². The summed E-state index contributed by atoms with van der Waals surface area (Å²) in [7, 11) is 0. The Balaban J connectivity index is 2.38. The monoisotopic (exact) mass is 264 g/mol. The van der Waals surface area contributed by atoms with Crippen LogP contribution < -0.4 is 9.47 Å². The van der Waals surface area contributed by atoms with Gasteiger partial charge in [-0.2, -0.15) is 0 Å². The van der Waals surface area contributed by atoms with Crippen LogP contribution in [0.2, 0.25) is 0 Å². The smallest absolute Gasteiger partial charge is 0.303 e. The van der Waals surface area contributed by atoms with Crippen molar-refractivity contribution in [1.29, 1.82) is 0 Å². The Morgan fingerprint density at radius 1 is 1.26 bits per heavy atom. The highest BCUT2D eigenvalue weighted by atomic mass is 16.6. The van der Waals surface area contributed by atoms with Crippen molar-refractivity contribution < 1.29 is 19.4 Å². The molecule has 19 heavy (non-hydrogen) atoms. The third-order valence-corrected chi connectivity index (χ3v) is 3.53. The quantitative estimate of drug-likeness (QED) is 0.908. The molecular formula is C15H20O4. The molecular weight excluding hydrogens is 244 g/mol. The summed E-state index contributed by atoms with van der Waals surface area (Å²) in [6, 6.07) is 3.89. The number of aliphatic carboxylic acids is 1. The van der Waals surface area contributed by atoms with Gasteiger partial charge in [0.05, 0.1) is 6.42 Å². The number of hydrogen-bond donors (Lipinski definition) is 1. The molecule has 2 rings (SSSR count). The van der Waals surface area contributed by atoms with Gasteiger partial charge in [0, 0.05) is 0 Å². The highest BCUT2D eigenvalue weighted by molar-refractivity contribution is 5.68. The molecule has 0 fully saturated rings. The average molecular weight is 264 g/mol. The zero-order valence-electron chi connectivity index (χ0n) is 11.6. The number of aryl methyl sites for hydroxylation is 1. The third-order valence-electron chi connectivity index (χ3n) is 3.53. The fourth-order valence-corrected chi connectivity index (χ4v) is 2.50. The van der Waals surface area contributed by atoms with Crippen LogP contribution in [-0.2, 0) is 4.79 Å². The van der Waals surface area contributed by atoms with Gasteiger partial charge in [-0.25, -0.2) is 0 Å². The Kier molecular flexibility index (Phi) is 3.98. The van der Waals surface area contributed by atoms with Gasteiger partial charge in [-0.15, -0.1) is 0 Å². The molecule has 0 saturated carbocycles. The topological polar surface area (TPSA) is 55.8 Å². The number of ether oxygens (including phenoxy) is 2. The van der Waals surface area contributed by atoms with E-state index in [1.807, 2.05) is 32.9 Å². The van der Waals surface area contributed by atoms with Crippen molar-refractivity contribution >= 4 is 5.97 Å². The lowest BCUT2D eigenvalue weighted by molar-refractivity contribution is -0.137. The largest absolute Gasteiger partial charge is 0.486 e. The van der Waals surface area contributed by atoms with E-state index in [0.717, 1.165) is 22.6 Å². The summed E-state index contributed by atoms with van der Waals surface area (Å²) in [5.41, 5.74) is 2.10. The molecule has 0 bridgehead atoms. The number of benzene rings is 1. The molecule has 0 radical (unpaired) electrons. The first-order chi connectivity index (χ1) is 8.99. The van der Waals surface area contributed by atoms with Crippen molar-refractivity contribution in [2.45, 2.75) is 33.1 Å². The molecule has 1 aliphatic heterocycles. The minimum atomic E-state index is -0.770. The third kappa shape index (κ3) is 3.00. The summed E-state index contributed by atoms with van der Waals surface area (Å²) in [6.45, 7) is 7.19. The minimum Gasteiger partial charge on any atom is -0.486 e. The lowest BCUT2D eigenvalue weighted by Crippen LogP contribution is -2.18. The molecule has 1 atom stereocenters. The maximum atomic E-state index is 11.0. The van der Waals surface area contributed by atoms with Crippen molar-refractivity contribution in [3.05, 3.63) is 23.3 Å². The zero-order chi connectivity index (χ0) is 14.0. The van der Waals surface area contributed by atoms with Crippen LogP contribution in [-0.4, -0.2) is 24.3 Å². The van der Waals surface area contributed by atoms with Crippen LogP contribution >= 0.6 is 0 Å². The second-order valence-corrected chi connectivity index (χ2v) is 5.30. The molecule has 0 saturated heterocycles. The SMILES string of the molecule is Cc1cc2c(cc1C(CC(=O)O)C(C)C)OCCO2. The molecule has 0 aliphatic carbocycles. The van der Waals surface area contributed by atoms with Gasteiger partial charge in [0.15, 0.2) is 11.5 Å². The first-order valence-electron chi connectivity index (χ1n) is 6.61. The van der Waals surface area contributed by atoms with E-state index in [0.29, 0.717) is 13.2 Å². The van der Waals surface area contributed by atoms with E-state index in [-0.39, 0.29) is 18.3 Å². The maximum Gasteiger partial charge on any atom is 0.303 e. The summed E-state index contributed by atoms with van der Waals surface area (Å²) >= 11 is 0. The molecule has 1 aliphatic rings. The highest BCUT2D eigenvalue weighted by Gasteiger charge is 2.24. The number of rotatable bonds is 4. The van der Waals surface area contributed by atoms with Gasteiger partial charge in [-0.1, -0.05) is 13.8 Å². The summed E-state index contributed by atoms with van der Waals surface area (Å²) in [5, 5.41) is 9.07. The van der Waals surface area contributed by atoms with E-state index in [1.54, 1.807) is 0 Å². The number of fused-ring (bicyclic) bond motifs is 1. The van der Waals surface area contributed by atoms with Gasteiger partial charge in [-0.3, -0.25) is 4.79 Å². The first-order valence-corrected chi connectivity index (χ1v) is 6.61. The van der Waals surface area contributed by atoms with E-state index in [4.69, 9.17) is 14.6 Å². The van der Waals surface area contributed by atoms with Crippen LogP contribution in [0.4, 0.5) is 0 Å². The summed E-state index contributed by atoms with van der Waals surface area (Å²) in [4.78, 5) is 11.0. The van der Waals surface area contributed by atoms with Crippen LogP contribution in [0.1, 0.15) is 37.3 Å². The number of hydrogen-bond acceptors (Lipinski definition) is 3. The maximum absolute atomic E-state index is 11.0. The van der Waals surface area contributed by atoms with Crippen molar-refractivity contribution in [1.82, 2.24) is 0 Å². The highest BCUT2D eigenvalue weighted by Crippen LogP contribution is 2.38. The summed E-state index contributed by atoms with van der Waals surface area (Å²) in [5.74, 6) is 0.965. The normalized spacial score (nSPS) is 15.4. The Morgan fingerprint density at radius 3 is 2.37 bits per heavy atom. The fourth-order valence-electron chi connectivity index (χ4n) is 2.50. The number of carboxylic acids is 1. The van der Waals surface area contributed by atoms with Crippen molar-refractivity contribution in [2.24, 2.45) is 5.92 Å². The Hall–Kier alpha value is -1.71. The lowest BCUT2D eigenvalue weighted by Gasteiger charge is -2.25. The fraction of sp³-hybridized carbons (Fsp3) is 0.533. The van der Waals surface area contributed by atoms with Crippen LogP contribution in [0, 0.1) is 12.8 Å². The molecule has 1 N–H and O–H groups in total. The van der Waals surface area contributed by atoms with Crippen molar-refractivity contribution in [2.75, 3.05) is 13.2 Å². The molecule has 1 unspecified atom stereocenters. The Bertz CT molecular complexity index is 479. The van der Waals surface area contributed by atoms with E-state index in [2.05, 4.69) is 0 Å². The second-order valence-electron chi connectivity index (χ2n) is 5.30. The van der Waals surface area contributed by atoms with E-state index >= 15 is 0 Å². The zero-order valence-corrected chi connectivity index (χ0v) is 11.6.